The number of carbonyl (C=O) groups is 1. The Morgan fingerprint density at radius 1 is 1.29 bits per heavy atom. The fourth-order valence-corrected chi connectivity index (χ4v) is 2.86. The Labute approximate surface area is 150 Å². The fourth-order valence-electron chi connectivity index (χ4n) is 1.92. The number of rotatable bonds is 8. The van der Waals surface area contributed by atoms with Gasteiger partial charge in [-0.1, -0.05) is 0 Å². The number of hydrogen-bond donors (Lipinski definition) is 2. The lowest BCUT2D eigenvalue weighted by atomic mass is 10.4. The van der Waals surface area contributed by atoms with Crippen LogP contribution in [0.2, 0.25) is 0 Å². The van der Waals surface area contributed by atoms with Gasteiger partial charge in [0.25, 0.3) is 5.91 Å². The van der Waals surface area contributed by atoms with Crippen molar-refractivity contribution in [2.24, 2.45) is 0 Å². The quantitative estimate of drug-likeness (QED) is 0.549. The van der Waals surface area contributed by atoms with Crippen LogP contribution in [0, 0.1) is 0 Å². The van der Waals surface area contributed by atoms with E-state index in [0.29, 0.717) is 11.7 Å². The van der Waals surface area contributed by atoms with Crippen LogP contribution < -0.4 is 10.6 Å². The summed E-state index contributed by atoms with van der Waals surface area (Å²) in [6.45, 7) is 1.46. The van der Waals surface area contributed by atoms with Gasteiger partial charge in [0, 0.05) is 12.3 Å². The first-order chi connectivity index (χ1) is 11.5. The molecule has 0 saturated carbocycles. The van der Waals surface area contributed by atoms with E-state index in [9.17, 15) is 4.79 Å². The van der Waals surface area contributed by atoms with Crippen molar-refractivity contribution in [1.82, 2.24) is 15.5 Å². The molecule has 24 heavy (non-hydrogen) atoms. The molecule has 0 aliphatic heterocycles. The molecule has 1 amide bonds. The topological polar surface area (TPSA) is 70.7 Å². The molecule has 0 unspecified atom stereocenters. The smallest absolute Gasteiger partial charge is 0.293 e. The highest BCUT2D eigenvalue weighted by molar-refractivity contribution is 7.98. The highest BCUT2D eigenvalue weighted by Crippen LogP contribution is 2.15. The molecule has 0 aromatic carbocycles. The molecule has 0 fully saturated rings. The largest absolute Gasteiger partial charge is 0.464 e. The zero-order valence-electron chi connectivity index (χ0n) is 13.7. The molecule has 0 aliphatic carbocycles. The zero-order chi connectivity index (χ0) is 17.4. The molecule has 6 nitrogen and oxygen atoms in total. The Balaban J connectivity index is 1.58. The first kappa shape index (κ1) is 18.6. The van der Waals surface area contributed by atoms with E-state index in [2.05, 4.69) is 15.5 Å². The van der Waals surface area contributed by atoms with Crippen LogP contribution in [-0.2, 0) is 12.3 Å². The van der Waals surface area contributed by atoms with Crippen molar-refractivity contribution < 1.29 is 13.6 Å². The number of nitrogens with zero attached hydrogens (tertiary/aromatic N) is 1. The lowest BCUT2D eigenvalue weighted by Crippen LogP contribution is -2.40. The first-order valence-corrected chi connectivity index (χ1v) is 9.03. The minimum atomic E-state index is -0.353. The Kier molecular flexibility index (Phi) is 7.36. The molecule has 2 N–H and O–H groups in total. The molecule has 2 aromatic heterocycles. The summed E-state index contributed by atoms with van der Waals surface area (Å²) in [7, 11) is 4.02. The molecule has 2 aromatic rings. The second-order valence-electron chi connectivity index (χ2n) is 5.35. The number of thiocarbonyl (C=S) groups is 1. The van der Waals surface area contributed by atoms with Gasteiger partial charge in [0.05, 0.1) is 18.6 Å². The van der Waals surface area contributed by atoms with Crippen molar-refractivity contribution in [3.05, 3.63) is 47.8 Å². The second-order valence-corrected chi connectivity index (χ2v) is 6.86. The SMILES string of the molecule is CN(C)Cc1ccc(CSCCNC(=S)NC(=O)c2ccco2)o1. The third kappa shape index (κ3) is 6.38. The molecule has 0 atom stereocenters. The van der Waals surface area contributed by atoms with Crippen LogP contribution in [0.3, 0.4) is 0 Å². The van der Waals surface area contributed by atoms with Crippen LogP contribution in [0.1, 0.15) is 22.1 Å². The van der Waals surface area contributed by atoms with E-state index >= 15 is 0 Å². The second kappa shape index (κ2) is 9.51. The fraction of sp³-hybridized carbons (Fsp3) is 0.375. The number of amides is 1. The molecule has 0 radical (unpaired) electrons. The summed E-state index contributed by atoms with van der Waals surface area (Å²) < 4.78 is 10.7. The number of nitrogens with one attached hydrogen (secondary N) is 2. The van der Waals surface area contributed by atoms with Crippen LogP contribution in [0.25, 0.3) is 0 Å². The molecule has 2 heterocycles. The van der Waals surface area contributed by atoms with Gasteiger partial charge in [0.15, 0.2) is 10.9 Å². The maximum absolute atomic E-state index is 11.7. The molecule has 130 valence electrons. The zero-order valence-corrected chi connectivity index (χ0v) is 15.3. The number of furan rings is 2. The minimum Gasteiger partial charge on any atom is -0.464 e. The van der Waals surface area contributed by atoms with Crippen LogP contribution >= 0.6 is 24.0 Å². The van der Waals surface area contributed by atoms with Gasteiger partial charge >= 0.3 is 0 Å². The van der Waals surface area contributed by atoms with E-state index in [1.54, 1.807) is 23.9 Å². The van der Waals surface area contributed by atoms with Crippen molar-refractivity contribution >= 4 is 35.0 Å². The summed E-state index contributed by atoms with van der Waals surface area (Å²) >= 11 is 6.81. The molecule has 0 spiro atoms. The molecule has 0 saturated heterocycles. The van der Waals surface area contributed by atoms with E-state index in [4.69, 9.17) is 21.1 Å². The van der Waals surface area contributed by atoms with Crippen LogP contribution in [0.15, 0.2) is 39.4 Å². The Morgan fingerprint density at radius 3 is 2.79 bits per heavy atom. The van der Waals surface area contributed by atoms with E-state index in [1.807, 2.05) is 26.2 Å². The number of hydrogen-bond acceptors (Lipinski definition) is 6. The molecule has 8 heteroatoms. The summed E-state index contributed by atoms with van der Waals surface area (Å²) in [5.41, 5.74) is 0. The Bertz CT molecular complexity index is 653. The highest BCUT2D eigenvalue weighted by Gasteiger charge is 2.09. The first-order valence-electron chi connectivity index (χ1n) is 7.47. The van der Waals surface area contributed by atoms with E-state index in [0.717, 1.165) is 29.6 Å². The molecular weight excluding hydrogens is 346 g/mol. The minimum absolute atomic E-state index is 0.236. The number of thioether (sulfide) groups is 1. The summed E-state index contributed by atoms with van der Waals surface area (Å²) in [4.78, 5) is 13.8. The maximum Gasteiger partial charge on any atom is 0.293 e. The van der Waals surface area contributed by atoms with Gasteiger partial charge in [-0.15, -0.1) is 0 Å². The standard InChI is InChI=1S/C16H21N3O3S2/c1-19(2)10-12-5-6-13(22-12)11-24-9-7-17-16(23)18-15(20)14-4-3-8-21-14/h3-6,8H,7,9-11H2,1-2H3,(H2,17,18,20,23). The third-order valence-electron chi connectivity index (χ3n) is 2.94. The summed E-state index contributed by atoms with van der Waals surface area (Å²) in [5.74, 6) is 3.47. The Morgan fingerprint density at radius 2 is 2.08 bits per heavy atom. The van der Waals surface area contributed by atoms with Gasteiger partial charge < -0.3 is 19.1 Å². The van der Waals surface area contributed by atoms with Gasteiger partial charge in [-0.25, -0.2) is 0 Å². The highest BCUT2D eigenvalue weighted by atomic mass is 32.2. The maximum atomic E-state index is 11.7. The average molecular weight is 367 g/mol. The molecule has 0 bridgehead atoms. The van der Waals surface area contributed by atoms with Gasteiger partial charge in [0.2, 0.25) is 0 Å². The van der Waals surface area contributed by atoms with Gasteiger partial charge in [-0.05, 0) is 50.6 Å². The lowest BCUT2D eigenvalue weighted by Gasteiger charge is -2.08. The van der Waals surface area contributed by atoms with E-state index in [-0.39, 0.29) is 11.7 Å². The summed E-state index contributed by atoms with van der Waals surface area (Å²) in [6.07, 6.45) is 1.45. The summed E-state index contributed by atoms with van der Waals surface area (Å²) in [6, 6.07) is 7.25. The van der Waals surface area contributed by atoms with Crippen molar-refractivity contribution in [2.45, 2.75) is 12.3 Å². The molecule has 2 rings (SSSR count). The van der Waals surface area contributed by atoms with Gasteiger partial charge in [-0.3, -0.25) is 10.1 Å². The predicted molar refractivity (Wildman–Crippen MR) is 99.0 cm³/mol. The third-order valence-corrected chi connectivity index (χ3v) is 4.17. The number of carbonyl (C=O) groups excluding carboxylic acids is 1. The van der Waals surface area contributed by atoms with Gasteiger partial charge in [-0.2, -0.15) is 11.8 Å². The molecule has 0 aliphatic rings. The van der Waals surface area contributed by atoms with Crippen molar-refractivity contribution in [1.29, 1.82) is 0 Å². The summed E-state index contributed by atoms with van der Waals surface area (Å²) in [5, 5.41) is 5.86. The van der Waals surface area contributed by atoms with Crippen molar-refractivity contribution in [2.75, 3.05) is 26.4 Å². The average Bonchev–Trinajstić information content (AvgIpc) is 3.18. The lowest BCUT2D eigenvalue weighted by molar-refractivity contribution is 0.0949. The van der Waals surface area contributed by atoms with Crippen LogP contribution in [0.4, 0.5) is 0 Å². The van der Waals surface area contributed by atoms with Crippen molar-refractivity contribution in [3.63, 3.8) is 0 Å². The van der Waals surface area contributed by atoms with Crippen molar-refractivity contribution in [3.8, 4) is 0 Å². The van der Waals surface area contributed by atoms with E-state index < -0.39 is 0 Å². The van der Waals surface area contributed by atoms with Crippen LogP contribution in [0.5, 0.6) is 0 Å². The predicted octanol–water partition coefficient (Wildman–Crippen LogP) is 2.47. The van der Waals surface area contributed by atoms with Gasteiger partial charge in [0.1, 0.15) is 11.5 Å². The normalized spacial score (nSPS) is 10.8. The molecular formula is C16H21N3O3S2. The Hall–Kier alpha value is -1.77. The van der Waals surface area contributed by atoms with Crippen LogP contribution in [-0.4, -0.2) is 42.3 Å². The monoisotopic (exact) mass is 367 g/mol. The van der Waals surface area contributed by atoms with E-state index in [1.165, 1.54) is 6.26 Å².